The van der Waals surface area contributed by atoms with Gasteiger partial charge in [0.05, 0.1) is 24.5 Å². The number of fused-ring (bicyclic) bond motifs is 1. The molecule has 156 valence electrons. The van der Waals surface area contributed by atoms with Crippen molar-refractivity contribution in [3.63, 3.8) is 0 Å². The maximum Gasteiger partial charge on any atom is 0.310 e. The summed E-state index contributed by atoms with van der Waals surface area (Å²) in [5.74, 6) is -0.484. The van der Waals surface area contributed by atoms with E-state index in [0.29, 0.717) is 10.9 Å². The largest absolute Gasteiger partial charge is 0.392 e. The van der Waals surface area contributed by atoms with Crippen LogP contribution in [0.5, 0.6) is 0 Å². The van der Waals surface area contributed by atoms with Gasteiger partial charge in [0.1, 0.15) is 4.90 Å². The summed E-state index contributed by atoms with van der Waals surface area (Å²) < 4.78 is 65.8. The standard InChI is InChI=1S/C17H15F5N4O2S/c1-2-15(28)24-9-14-16-11(10-27)7-8-23-17(16)26(25-14)12-3-5-13(6-4-12)29(18,19,20,21)22/h2-8,27H,1,9-10H2,(H,24,28). The highest BCUT2D eigenvalue weighted by Crippen LogP contribution is 3.02. The fourth-order valence-electron chi connectivity index (χ4n) is 2.71. The third-order valence-corrected chi connectivity index (χ3v) is 5.20. The van der Waals surface area contributed by atoms with Crippen LogP contribution in [0.25, 0.3) is 16.7 Å². The average Bonchev–Trinajstić information content (AvgIpc) is 3.03. The monoisotopic (exact) mass is 434 g/mol. The number of halogens is 5. The fraction of sp³-hybridized carbons (Fsp3) is 0.118. The Bertz CT molecular complexity index is 1110. The normalized spacial score (nSPS) is 14.3. The topological polar surface area (TPSA) is 80.0 Å². The van der Waals surface area contributed by atoms with Gasteiger partial charge in [-0.2, -0.15) is 5.10 Å². The SMILES string of the molecule is C=CC(=O)NCc1nn(-c2ccc(S(F)(F)(F)(F)F)cc2)c2nccc(CO)c12. The van der Waals surface area contributed by atoms with Crippen LogP contribution in [0.3, 0.4) is 0 Å². The maximum atomic E-state index is 12.9. The number of hydrogen-bond donors (Lipinski definition) is 2. The molecule has 0 atom stereocenters. The second-order valence-electron chi connectivity index (χ2n) is 6.07. The number of carbonyl (C=O) groups excluding carboxylic acids is 1. The number of rotatable bonds is 6. The summed E-state index contributed by atoms with van der Waals surface area (Å²) in [4.78, 5) is 13.5. The number of benzene rings is 1. The van der Waals surface area contributed by atoms with E-state index in [9.17, 15) is 29.3 Å². The van der Waals surface area contributed by atoms with Gasteiger partial charge in [-0.05, 0) is 42.0 Å². The Morgan fingerprint density at radius 1 is 1.17 bits per heavy atom. The van der Waals surface area contributed by atoms with Crippen molar-refractivity contribution in [3.05, 3.63) is 60.4 Å². The average molecular weight is 434 g/mol. The molecule has 3 rings (SSSR count). The van der Waals surface area contributed by atoms with Gasteiger partial charge in [0, 0.05) is 11.6 Å². The third-order valence-electron chi connectivity index (χ3n) is 4.04. The van der Waals surface area contributed by atoms with E-state index in [-0.39, 0.29) is 42.3 Å². The zero-order valence-corrected chi connectivity index (χ0v) is 15.5. The molecule has 0 bridgehead atoms. The lowest BCUT2D eigenvalue weighted by molar-refractivity contribution is -0.116. The van der Waals surface area contributed by atoms with Crippen LogP contribution in [0.15, 0.2) is 54.1 Å². The fourth-order valence-corrected chi connectivity index (χ4v) is 3.36. The van der Waals surface area contributed by atoms with Crippen molar-refractivity contribution in [2.24, 2.45) is 0 Å². The van der Waals surface area contributed by atoms with Gasteiger partial charge >= 0.3 is 10.2 Å². The molecule has 12 heteroatoms. The molecule has 0 fully saturated rings. The van der Waals surface area contributed by atoms with E-state index in [0.717, 1.165) is 22.9 Å². The van der Waals surface area contributed by atoms with Crippen LogP contribution in [0.2, 0.25) is 0 Å². The van der Waals surface area contributed by atoms with E-state index < -0.39 is 21.0 Å². The van der Waals surface area contributed by atoms with E-state index in [1.54, 1.807) is 0 Å². The number of nitrogens with one attached hydrogen (secondary N) is 1. The van der Waals surface area contributed by atoms with Crippen LogP contribution in [0.4, 0.5) is 19.4 Å². The molecule has 1 amide bonds. The van der Waals surface area contributed by atoms with Crippen molar-refractivity contribution in [1.82, 2.24) is 20.1 Å². The lowest BCUT2D eigenvalue weighted by Crippen LogP contribution is -2.20. The van der Waals surface area contributed by atoms with Crippen molar-refractivity contribution in [2.45, 2.75) is 18.0 Å². The number of aromatic nitrogens is 3. The molecule has 0 radical (unpaired) electrons. The summed E-state index contributed by atoms with van der Waals surface area (Å²) in [6, 6.07) is 3.77. The van der Waals surface area contributed by atoms with Crippen LogP contribution < -0.4 is 5.32 Å². The van der Waals surface area contributed by atoms with Crippen molar-refractivity contribution < 1.29 is 29.3 Å². The Labute approximate surface area is 161 Å². The Morgan fingerprint density at radius 3 is 2.38 bits per heavy atom. The molecule has 0 saturated heterocycles. The minimum Gasteiger partial charge on any atom is -0.392 e. The number of aliphatic hydroxyl groups is 1. The highest BCUT2D eigenvalue weighted by Gasteiger charge is 2.65. The molecule has 3 aromatic rings. The maximum absolute atomic E-state index is 12.9. The van der Waals surface area contributed by atoms with Crippen LogP contribution in [0.1, 0.15) is 11.3 Å². The summed E-state index contributed by atoms with van der Waals surface area (Å²) in [7, 11) is -9.80. The summed E-state index contributed by atoms with van der Waals surface area (Å²) in [6.45, 7) is 2.87. The highest BCUT2D eigenvalue weighted by atomic mass is 32.5. The molecule has 0 aliphatic rings. The summed E-state index contributed by atoms with van der Waals surface area (Å²) in [6.07, 6.45) is 2.41. The first-order valence-corrected chi connectivity index (χ1v) is 10.0. The molecule has 1 aromatic carbocycles. The predicted molar refractivity (Wildman–Crippen MR) is 98.2 cm³/mol. The van der Waals surface area contributed by atoms with Gasteiger partial charge in [0.15, 0.2) is 5.65 Å². The van der Waals surface area contributed by atoms with Crippen LogP contribution in [-0.4, -0.2) is 25.8 Å². The summed E-state index contributed by atoms with van der Waals surface area (Å²) >= 11 is 0. The zero-order chi connectivity index (χ0) is 21.5. The molecule has 0 saturated carbocycles. The molecule has 2 aromatic heterocycles. The Morgan fingerprint density at radius 2 is 1.83 bits per heavy atom. The first-order valence-electron chi connectivity index (χ1n) is 8.05. The van der Waals surface area contributed by atoms with Crippen molar-refractivity contribution >= 4 is 27.2 Å². The van der Waals surface area contributed by atoms with Gasteiger partial charge in [-0.3, -0.25) is 4.79 Å². The first kappa shape index (κ1) is 20.7. The minimum absolute atomic E-state index is 0.0458. The van der Waals surface area contributed by atoms with E-state index in [1.807, 2.05) is 0 Å². The number of aliphatic hydroxyl groups excluding tert-OH is 1. The Kier molecular flexibility index (Phi) is 4.47. The van der Waals surface area contributed by atoms with Gasteiger partial charge in [-0.15, -0.1) is 0 Å². The molecular formula is C17H15F5N4O2S. The van der Waals surface area contributed by atoms with Gasteiger partial charge < -0.3 is 10.4 Å². The van der Waals surface area contributed by atoms with Gasteiger partial charge in [0.25, 0.3) is 0 Å². The van der Waals surface area contributed by atoms with Crippen LogP contribution >= 0.6 is 10.2 Å². The third kappa shape index (κ3) is 4.22. The number of amides is 1. The molecule has 29 heavy (non-hydrogen) atoms. The van der Waals surface area contributed by atoms with E-state index in [4.69, 9.17) is 0 Å². The van der Waals surface area contributed by atoms with Gasteiger partial charge in [0.2, 0.25) is 5.91 Å². The first-order chi connectivity index (χ1) is 13.3. The second-order valence-corrected chi connectivity index (χ2v) is 8.48. The number of hydrogen-bond acceptors (Lipinski definition) is 4. The van der Waals surface area contributed by atoms with Crippen molar-refractivity contribution in [2.75, 3.05) is 0 Å². The minimum atomic E-state index is -9.80. The van der Waals surface area contributed by atoms with E-state index >= 15 is 0 Å². The zero-order valence-electron chi connectivity index (χ0n) is 14.7. The molecule has 2 heterocycles. The van der Waals surface area contributed by atoms with Crippen molar-refractivity contribution in [1.29, 1.82) is 0 Å². The van der Waals surface area contributed by atoms with Gasteiger partial charge in [-0.1, -0.05) is 26.0 Å². The molecule has 2 N–H and O–H groups in total. The second kappa shape index (κ2) is 6.26. The molecule has 0 spiro atoms. The lowest BCUT2D eigenvalue weighted by Gasteiger charge is -2.40. The number of carbonyl (C=O) groups is 1. The molecule has 0 aliphatic heterocycles. The van der Waals surface area contributed by atoms with Crippen molar-refractivity contribution in [3.8, 4) is 5.69 Å². The molecule has 0 aliphatic carbocycles. The van der Waals surface area contributed by atoms with Crippen LogP contribution in [-0.2, 0) is 17.9 Å². The Hall–Kier alpha value is -2.99. The van der Waals surface area contributed by atoms with Crippen LogP contribution in [0, 0.1) is 0 Å². The van der Waals surface area contributed by atoms with E-state index in [2.05, 4.69) is 22.0 Å². The lowest BCUT2D eigenvalue weighted by atomic mass is 10.1. The number of nitrogens with zero attached hydrogens (tertiary/aromatic N) is 3. The number of pyridine rings is 1. The van der Waals surface area contributed by atoms with E-state index in [1.165, 1.54) is 12.3 Å². The predicted octanol–water partition coefficient (Wildman–Crippen LogP) is 4.37. The molecule has 0 unspecified atom stereocenters. The highest BCUT2D eigenvalue weighted by molar-refractivity contribution is 8.45. The smallest absolute Gasteiger partial charge is 0.310 e. The van der Waals surface area contributed by atoms with Gasteiger partial charge in [-0.25, -0.2) is 9.67 Å². The molecular weight excluding hydrogens is 419 g/mol. The Balaban J connectivity index is 2.13. The molecule has 6 nitrogen and oxygen atoms in total. The summed E-state index contributed by atoms with van der Waals surface area (Å²) in [5.41, 5.74) is 0.931. The summed E-state index contributed by atoms with van der Waals surface area (Å²) in [5, 5.41) is 16.7. The quantitative estimate of drug-likeness (QED) is 0.446.